The summed E-state index contributed by atoms with van der Waals surface area (Å²) >= 11 is 0.995. The Balaban J connectivity index is 1.41. The second-order valence-corrected chi connectivity index (χ2v) is 16.5. The summed E-state index contributed by atoms with van der Waals surface area (Å²) in [4.78, 5) is 47.3. The number of ether oxygens (including phenoxy) is 3. The molecule has 2 saturated heterocycles. The molecule has 5 heterocycles. The SMILES string of the molecule is Cc1c(-c2ncco2)sc2c1c(=O)n(C(C)(C)C(=O)NS(=O)(=O)C1CC1)c(=O)n2C[C@H](O[C@@H]1C[C@H]2CC[C@@H](C1)O2)c1cc(F)ccc1OC(F)F. The van der Waals surface area contributed by atoms with E-state index in [-0.39, 0.29) is 39.6 Å². The minimum Gasteiger partial charge on any atom is -0.444 e. The van der Waals surface area contributed by atoms with Gasteiger partial charge in [0.25, 0.3) is 11.5 Å². The number of hydrogen-bond donors (Lipinski definition) is 1. The first-order valence-corrected chi connectivity index (χ1v) is 18.8. The quantitative estimate of drug-likeness (QED) is 0.214. The van der Waals surface area contributed by atoms with E-state index in [2.05, 4.69) is 4.98 Å². The number of hydrogen-bond acceptors (Lipinski definition) is 11. The number of thiophene rings is 1. The van der Waals surface area contributed by atoms with Gasteiger partial charge in [0.1, 0.15) is 34.3 Å². The number of carbonyl (C=O) groups is 1. The number of benzene rings is 1. The van der Waals surface area contributed by atoms with Crippen molar-refractivity contribution >= 4 is 37.5 Å². The van der Waals surface area contributed by atoms with Crippen LogP contribution in [0.15, 0.2) is 44.7 Å². The molecule has 1 aliphatic carbocycles. The Morgan fingerprint density at radius 2 is 1.86 bits per heavy atom. The van der Waals surface area contributed by atoms with E-state index in [1.54, 1.807) is 6.92 Å². The average molecular weight is 753 g/mol. The summed E-state index contributed by atoms with van der Waals surface area (Å²) in [5, 5.41) is -0.755. The molecular weight excluding hydrogens is 718 g/mol. The number of alkyl halides is 2. The molecule has 51 heavy (non-hydrogen) atoms. The summed E-state index contributed by atoms with van der Waals surface area (Å²) < 4.78 is 94.3. The van der Waals surface area contributed by atoms with Crippen molar-refractivity contribution < 1.29 is 45.0 Å². The van der Waals surface area contributed by atoms with Gasteiger partial charge in [0.15, 0.2) is 0 Å². The third kappa shape index (κ3) is 6.73. The van der Waals surface area contributed by atoms with E-state index < -0.39 is 69.1 Å². The number of aromatic nitrogens is 3. The van der Waals surface area contributed by atoms with Gasteiger partial charge < -0.3 is 18.6 Å². The maximum absolute atomic E-state index is 14.9. The first kappa shape index (κ1) is 35.4. The highest BCUT2D eigenvalue weighted by atomic mass is 32.2. The van der Waals surface area contributed by atoms with Gasteiger partial charge in [-0.3, -0.25) is 18.9 Å². The van der Waals surface area contributed by atoms with Crippen molar-refractivity contribution in [3.63, 3.8) is 0 Å². The van der Waals surface area contributed by atoms with E-state index in [9.17, 15) is 36.0 Å². The number of oxazole rings is 1. The lowest BCUT2D eigenvalue weighted by atomic mass is 10.0. The molecule has 1 saturated carbocycles. The molecule has 3 aliphatic rings. The van der Waals surface area contributed by atoms with Crippen LogP contribution in [0.5, 0.6) is 5.75 Å². The van der Waals surface area contributed by atoms with E-state index in [1.807, 2.05) is 4.72 Å². The first-order valence-electron chi connectivity index (χ1n) is 16.4. The molecule has 1 amide bonds. The zero-order chi connectivity index (χ0) is 36.4. The lowest BCUT2D eigenvalue weighted by Gasteiger charge is -2.33. The van der Waals surface area contributed by atoms with Crippen molar-refractivity contribution in [2.24, 2.45) is 0 Å². The van der Waals surface area contributed by atoms with Gasteiger partial charge in [-0.2, -0.15) is 8.78 Å². The van der Waals surface area contributed by atoms with E-state index in [0.717, 1.165) is 46.9 Å². The van der Waals surface area contributed by atoms with Crippen LogP contribution >= 0.6 is 11.3 Å². The summed E-state index contributed by atoms with van der Waals surface area (Å²) in [6.45, 7) is 0.380. The maximum atomic E-state index is 14.9. The van der Waals surface area contributed by atoms with Gasteiger partial charge in [-0.05, 0) is 83.1 Å². The Hall–Kier alpha value is -4.00. The molecule has 0 spiro atoms. The minimum atomic E-state index is -4.07. The standard InChI is InChI=1S/C33H35F3N4O9S2/c1-16-25-28(41)40(33(2,3)30(42)38-51(44,45)21-7-8-21)32(43)39(29(25)50-26(16)27-37-10-11-46-27)15-24(48-20-13-18-5-6-19(14-20)47-18)22-12-17(34)4-9-23(22)49-31(35)36/h4,9-12,18-21,24,31H,5-8,13-15H2,1-3H3,(H,38,42)/t18-,19+,20-,24-/m0/s1. The number of fused-ring (bicyclic) bond motifs is 3. The van der Waals surface area contributed by atoms with Crippen LogP contribution < -0.4 is 20.7 Å². The van der Waals surface area contributed by atoms with Crippen LogP contribution in [0.25, 0.3) is 21.0 Å². The van der Waals surface area contributed by atoms with Crippen LogP contribution in [0.4, 0.5) is 13.2 Å². The fraction of sp³-hybridized carbons (Fsp3) is 0.515. The van der Waals surface area contributed by atoms with E-state index in [4.69, 9.17) is 18.6 Å². The molecule has 0 radical (unpaired) electrons. The van der Waals surface area contributed by atoms with Crippen LogP contribution in [-0.4, -0.2) is 58.6 Å². The highest BCUT2D eigenvalue weighted by molar-refractivity contribution is 7.90. The molecule has 274 valence electrons. The second-order valence-electron chi connectivity index (χ2n) is 13.6. The summed E-state index contributed by atoms with van der Waals surface area (Å²) in [5.74, 6) is -2.11. The van der Waals surface area contributed by atoms with Gasteiger partial charge in [0.05, 0.1) is 46.6 Å². The topological polar surface area (TPSA) is 161 Å². The number of nitrogens with zero attached hydrogens (tertiary/aromatic N) is 3. The summed E-state index contributed by atoms with van der Waals surface area (Å²) in [5.41, 5.74) is -3.71. The number of aryl methyl sites for hydroxylation is 1. The molecule has 4 atom stereocenters. The number of rotatable bonds is 12. The Morgan fingerprint density at radius 3 is 2.49 bits per heavy atom. The van der Waals surface area contributed by atoms with Crippen LogP contribution in [0, 0.1) is 12.7 Å². The highest BCUT2D eigenvalue weighted by Gasteiger charge is 2.43. The van der Waals surface area contributed by atoms with Crippen LogP contribution in [0.3, 0.4) is 0 Å². The number of halogens is 3. The Morgan fingerprint density at radius 1 is 1.16 bits per heavy atom. The first-order chi connectivity index (χ1) is 24.1. The number of amides is 1. The van der Waals surface area contributed by atoms with Crippen LogP contribution in [0.1, 0.15) is 69.6 Å². The predicted octanol–water partition coefficient (Wildman–Crippen LogP) is 4.74. The summed E-state index contributed by atoms with van der Waals surface area (Å²) in [7, 11) is -4.07. The third-order valence-electron chi connectivity index (χ3n) is 9.64. The van der Waals surface area contributed by atoms with Crippen molar-refractivity contribution in [2.45, 2.75) is 108 Å². The monoisotopic (exact) mass is 752 g/mol. The number of sulfonamides is 1. The molecule has 7 rings (SSSR count). The minimum absolute atomic E-state index is 0.00452. The zero-order valence-corrected chi connectivity index (χ0v) is 29.4. The van der Waals surface area contributed by atoms with E-state index in [0.29, 0.717) is 40.7 Å². The van der Waals surface area contributed by atoms with Crippen LogP contribution in [-0.2, 0) is 36.4 Å². The molecule has 0 unspecified atom stereocenters. The molecule has 1 N–H and O–H groups in total. The summed E-state index contributed by atoms with van der Waals surface area (Å²) in [6, 6.07) is 3.00. The third-order valence-corrected chi connectivity index (χ3v) is 12.8. The lowest BCUT2D eigenvalue weighted by molar-refractivity contribution is -0.126. The molecule has 3 aromatic heterocycles. The number of carbonyl (C=O) groups excluding carboxylic acids is 1. The van der Waals surface area contributed by atoms with Crippen molar-refractivity contribution in [3.05, 3.63) is 68.4 Å². The molecule has 4 aromatic rings. The van der Waals surface area contributed by atoms with Crippen molar-refractivity contribution in [2.75, 3.05) is 0 Å². The molecule has 18 heteroatoms. The van der Waals surface area contributed by atoms with Gasteiger partial charge in [0, 0.05) is 5.56 Å². The molecule has 13 nitrogen and oxygen atoms in total. The smallest absolute Gasteiger partial charge is 0.387 e. The predicted molar refractivity (Wildman–Crippen MR) is 178 cm³/mol. The average Bonchev–Trinajstić information content (AvgIpc) is 3.55. The molecule has 3 fully saturated rings. The fourth-order valence-electron chi connectivity index (χ4n) is 6.86. The molecule has 1 aromatic carbocycles. The van der Waals surface area contributed by atoms with E-state index in [1.165, 1.54) is 26.3 Å². The van der Waals surface area contributed by atoms with Gasteiger partial charge in [0.2, 0.25) is 15.9 Å². The van der Waals surface area contributed by atoms with Gasteiger partial charge in [-0.1, -0.05) is 0 Å². The van der Waals surface area contributed by atoms with Crippen molar-refractivity contribution in [1.82, 2.24) is 18.8 Å². The van der Waals surface area contributed by atoms with Gasteiger partial charge in [-0.15, -0.1) is 11.3 Å². The summed E-state index contributed by atoms with van der Waals surface area (Å²) in [6.07, 6.45) is 4.08. The normalized spacial score (nSPS) is 21.4. The van der Waals surface area contributed by atoms with Crippen molar-refractivity contribution in [3.8, 4) is 16.5 Å². The van der Waals surface area contributed by atoms with Crippen molar-refractivity contribution in [1.29, 1.82) is 0 Å². The molecule has 2 aliphatic heterocycles. The molecule has 2 bridgehead atoms. The maximum Gasteiger partial charge on any atom is 0.387 e. The Kier molecular flexibility index (Phi) is 9.16. The lowest BCUT2D eigenvalue weighted by Crippen LogP contribution is -2.57. The Labute approximate surface area is 293 Å². The Bertz CT molecular complexity index is 2200. The largest absolute Gasteiger partial charge is 0.444 e. The fourth-order valence-corrected chi connectivity index (χ4v) is 9.54. The molecular formula is C33H35F3N4O9S2. The van der Waals surface area contributed by atoms with Gasteiger partial charge >= 0.3 is 12.3 Å². The highest BCUT2D eigenvalue weighted by Crippen LogP contribution is 2.40. The van der Waals surface area contributed by atoms with E-state index >= 15 is 0 Å². The second kappa shape index (κ2) is 13.2. The van der Waals surface area contributed by atoms with Crippen LogP contribution in [0.2, 0.25) is 0 Å². The zero-order valence-electron chi connectivity index (χ0n) is 27.8. The number of nitrogens with one attached hydrogen (secondary N) is 1. The van der Waals surface area contributed by atoms with Gasteiger partial charge in [-0.25, -0.2) is 27.2 Å².